The SMILES string of the molecule is CCNC(=NCc1ccnc(-n2cccn2)c1)N1CCC(=Cc2ccccc2)CC1.I. The minimum atomic E-state index is 0. The van der Waals surface area contributed by atoms with E-state index in [0.29, 0.717) is 6.54 Å². The van der Waals surface area contributed by atoms with Crippen LogP contribution in [0.2, 0.25) is 0 Å². The van der Waals surface area contributed by atoms with E-state index in [-0.39, 0.29) is 24.0 Å². The molecule has 162 valence electrons. The molecule has 3 heterocycles. The molecule has 6 nitrogen and oxygen atoms in total. The molecule has 31 heavy (non-hydrogen) atoms. The Hall–Kier alpha value is -2.68. The van der Waals surface area contributed by atoms with Gasteiger partial charge in [0, 0.05) is 38.2 Å². The first-order chi connectivity index (χ1) is 14.8. The van der Waals surface area contributed by atoms with E-state index in [9.17, 15) is 0 Å². The fourth-order valence-corrected chi connectivity index (χ4v) is 3.62. The minimum absolute atomic E-state index is 0. The topological polar surface area (TPSA) is 58.3 Å². The number of nitrogens with zero attached hydrogens (tertiary/aromatic N) is 5. The number of likely N-dealkylation sites (tertiary alicyclic amines) is 1. The number of guanidine groups is 1. The van der Waals surface area contributed by atoms with E-state index in [0.717, 1.165) is 49.8 Å². The number of piperidine rings is 1. The Bertz CT molecular complexity index is 988. The van der Waals surface area contributed by atoms with E-state index in [1.807, 2.05) is 30.6 Å². The Morgan fingerprint density at radius 1 is 1.10 bits per heavy atom. The van der Waals surface area contributed by atoms with Crippen molar-refractivity contribution >= 4 is 36.0 Å². The number of halogens is 1. The van der Waals surface area contributed by atoms with Crippen molar-refractivity contribution in [2.24, 2.45) is 4.99 Å². The van der Waals surface area contributed by atoms with Gasteiger partial charge < -0.3 is 10.2 Å². The van der Waals surface area contributed by atoms with Gasteiger partial charge >= 0.3 is 0 Å². The van der Waals surface area contributed by atoms with Gasteiger partial charge in [-0.1, -0.05) is 42.0 Å². The first kappa shape index (κ1) is 23.0. The molecule has 0 spiro atoms. The summed E-state index contributed by atoms with van der Waals surface area (Å²) in [7, 11) is 0. The average molecular weight is 528 g/mol. The van der Waals surface area contributed by atoms with Gasteiger partial charge in [0.1, 0.15) is 0 Å². The molecule has 7 heteroatoms. The minimum Gasteiger partial charge on any atom is -0.357 e. The van der Waals surface area contributed by atoms with Crippen LogP contribution < -0.4 is 5.32 Å². The Morgan fingerprint density at radius 2 is 1.90 bits per heavy atom. The highest BCUT2D eigenvalue weighted by Crippen LogP contribution is 2.19. The zero-order chi connectivity index (χ0) is 20.6. The van der Waals surface area contributed by atoms with Crippen LogP contribution in [0.1, 0.15) is 30.9 Å². The van der Waals surface area contributed by atoms with E-state index < -0.39 is 0 Å². The second kappa shape index (κ2) is 11.6. The molecule has 0 bridgehead atoms. The largest absolute Gasteiger partial charge is 0.357 e. The van der Waals surface area contributed by atoms with Crippen molar-refractivity contribution in [2.45, 2.75) is 26.3 Å². The van der Waals surface area contributed by atoms with Crippen LogP contribution in [0.3, 0.4) is 0 Å². The summed E-state index contributed by atoms with van der Waals surface area (Å²) in [5, 5.41) is 7.71. The van der Waals surface area contributed by atoms with Crippen molar-refractivity contribution in [3.63, 3.8) is 0 Å². The number of benzene rings is 1. The highest BCUT2D eigenvalue weighted by Gasteiger charge is 2.17. The maximum Gasteiger partial charge on any atom is 0.194 e. The van der Waals surface area contributed by atoms with Crippen LogP contribution in [-0.2, 0) is 6.54 Å². The molecule has 0 aliphatic carbocycles. The van der Waals surface area contributed by atoms with Crippen molar-refractivity contribution < 1.29 is 0 Å². The lowest BCUT2D eigenvalue weighted by Crippen LogP contribution is -2.44. The van der Waals surface area contributed by atoms with Gasteiger partial charge in [0.15, 0.2) is 11.8 Å². The summed E-state index contributed by atoms with van der Waals surface area (Å²) < 4.78 is 1.77. The van der Waals surface area contributed by atoms with Gasteiger partial charge in [-0.25, -0.2) is 14.7 Å². The lowest BCUT2D eigenvalue weighted by atomic mass is 10.0. The Kier molecular flexibility index (Phi) is 8.63. The predicted octanol–water partition coefficient (Wildman–Crippen LogP) is 4.53. The van der Waals surface area contributed by atoms with Crippen LogP contribution in [0, 0.1) is 0 Å². The van der Waals surface area contributed by atoms with Gasteiger partial charge in [0.05, 0.1) is 6.54 Å². The maximum absolute atomic E-state index is 4.89. The van der Waals surface area contributed by atoms with Crippen molar-refractivity contribution in [2.75, 3.05) is 19.6 Å². The molecule has 0 atom stereocenters. The Balaban J connectivity index is 0.00000272. The van der Waals surface area contributed by atoms with Crippen molar-refractivity contribution in [1.29, 1.82) is 0 Å². The van der Waals surface area contributed by atoms with Crippen LogP contribution in [0.25, 0.3) is 11.9 Å². The molecule has 0 radical (unpaired) electrons. The van der Waals surface area contributed by atoms with Gasteiger partial charge in [0.25, 0.3) is 0 Å². The normalized spacial score (nSPS) is 14.2. The summed E-state index contributed by atoms with van der Waals surface area (Å²) in [5.74, 6) is 1.79. The number of aromatic nitrogens is 3. The predicted molar refractivity (Wildman–Crippen MR) is 137 cm³/mol. The second-order valence-corrected chi connectivity index (χ2v) is 7.34. The van der Waals surface area contributed by atoms with Crippen LogP contribution in [-0.4, -0.2) is 45.3 Å². The maximum atomic E-state index is 4.89. The smallest absolute Gasteiger partial charge is 0.194 e. The highest BCUT2D eigenvalue weighted by molar-refractivity contribution is 14.0. The average Bonchev–Trinajstić information content (AvgIpc) is 3.33. The monoisotopic (exact) mass is 528 g/mol. The molecular weight excluding hydrogens is 499 g/mol. The van der Waals surface area contributed by atoms with E-state index in [4.69, 9.17) is 4.99 Å². The van der Waals surface area contributed by atoms with Crippen LogP contribution >= 0.6 is 24.0 Å². The zero-order valence-corrected chi connectivity index (χ0v) is 20.1. The number of nitrogens with one attached hydrogen (secondary N) is 1. The van der Waals surface area contributed by atoms with Crippen LogP contribution in [0.4, 0.5) is 0 Å². The zero-order valence-electron chi connectivity index (χ0n) is 17.8. The summed E-state index contributed by atoms with van der Waals surface area (Å²) in [4.78, 5) is 11.7. The van der Waals surface area contributed by atoms with Gasteiger partial charge in [-0.15, -0.1) is 24.0 Å². The molecule has 1 aliphatic rings. The van der Waals surface area contributed by atoms with E-state index in [1.54, 1.807) is 10.9 Å². The molecule has 3 aromatic rings. The summed E-state index contributed by atoms with van der Waals surface area (Å²) in [5.41, 5.74) is 3.91. The second-order valence-electron chi connectivity index (χ2n) is 7.34. The van der Waals surface area contributed by atoms with E-state index >= 15 is 0 Å². The number of hydrogen-bond acceptors (Lipinski definition) is 3. The highest BCUT2D eigenvalue weighted by atomic mass is 127. The summed E-state index contributed by atoms with van der Waals surface area (Å²) in [6.45, 7) is 5.56. The van der Waals surface area contributed by atoms with Gasteiger partial charge in [0.2, 0.25) is 0 Å². The third kappa shape index (κ3) is 6.40. The number of pyridine rings is 1. The van der Waals surface area contributed by atoms with Gasteiger partial charge in [-0.3, -0.25) is 0 Å². The summed E-state index contributed by atoms with van der Waals surface area (Å²) >= 11 is 0. The Labute approximate surface area is 201 Å². The molecular formula is C24H29IN6. The molecule has 1 aliphatic heterocycles. The molecule has 0 unspecified atom stereocenters. The summed E-state index contributed by atoms with van der Waals surface area (Å²) in [6, 6.07) is 16.5. The quantitative estimate of drug-likeness (QED) is 0.301. The van der Waals surface area contributed by atoms with Crippen molar-refractivity contribution in [3.8, 4) is 5.82 Å². The fraction of sp³-hybridized carbons (Fsp3) is 0.292. The molecule has 4 rings (SSSR count). The van der Waals surface area contributed by atoms with Gasteiger partial charge in [-0.2, -0.15) is 5.10 Å². The van der Waals surface area contributed by atoms with Gasteiger partial charge in [-0.05, 0) is 49.1 Å². The fourth-order valence-electron chi connectivity index (χ4n) is 3.62. The van der Waals surface area contributed by atoms with Crippen LogP contribution in [0.5, 0.6) is 0 Å². The third-order valence-corrected chi connectivity index (χ3v) is 5.17. The Morgan fingerprint density at radius 3 is 2.61 bits per heavy atom. The molecule has 0 saturated carbocycles. The lowest BCUT2D eigenvalue weighted by molar-refractivity contribution is 0.375. The molecule has 1 N–H and O–H groups in total. The molecule has 1 saturated heterocycles. The van der Waals surface area contributed by atoms with E-state index in [2.05, 4.69) is 63.6 Å². The standard InChI is InChI=1S/C24H28N6.HI/c1-2-25-24(27-19-22-9-13-26-23(18-22)30-14-6-12-28-30)29-15-10-21(11-16-29)17-20-7-4-3-5-8-20;/h3-9,12-14,17-18H,2,10-11,15-16,19H2,1H3,(H,25,27);1H. The number of rotatable bonds is 5. The first-order valence-electron chi connectivity index (χ1n) is 10.5. The molecule has 0 amide bonds. The van der Waals surface area contributed by atoms with Crippen molar-refractivity contribution in [3.05, 3.63) is 83.8 Å². The third-order valence-electron chi connectivity index (χ3n) is 5.17. The first-order valence-corrected chi connectivity index (χ1v) is 10.5. The number of hydrogen-bond donors (Lipinski definition) is 1. The molecule has 1 aromatic carbocycles. The summed E-state index contributed by atoms with van der Waals surface area (Å²) in [6.07, 6.45) is 9.93. The van der Waals surface area contributed by atoms with E-state index in [1.165, 1.54) is 11.1 Å². The molecule has 1 fully saturated rings. The van der Waals surface area contributed by atoms with Crippen molar-refractivity contribution in [1.82, 2.24) is 25.0 Å². The number of aliphatic imine (C=N–C) groups is 1. The molecule has 2 aromatic heterocycles. The lowest BCUT2D eigenvalue weighted by Gasteiger charge is -2.31. The van der Waals surface area contributed by atoms with Crippen LogP contribution in [0.15, 0.2) is 77.7 Å².